The highest BCUT2D eigenvalue weighted by Gasteiger charge is 2.34. The Morgan fingerprint density at radius 3 is 2.10 bits per heavy atom. The van der Waals surface area contributed by atoms with E-state index in [0.29, 0.717) is 17.9 Å². The monoisotopic (exact) mass is 603 g/mol. The van der Waals surface area contributed by atoms with E-state index in [1.807, 2.05) is 51.1 Å². The van der Waals surface area contributed by atoms with Gasteiger partial charge in [-0.15, -0.1) is 0 Å². The maximum absolute atomic E-state index is 14.0. The number of hydrogen-bond acceptors (Lipinski definition) is 4. The van der Waals surface area contributed by atoms with Crippen molar-refractivity contribution in [1.82, 2.24) is 10.2 Å². The molecule has 0 spiro atoms. The molecule has 214 valence electrons. The lowest BCUT2D eigenvalue weighted by molar-refractivity contribution is -0.139. The molecule has 0 saturated carbocycles. The Morgan fingerprint density at radius 1 is 0.900 bits per heavy atom. The van der Waals surface area contributed by atoms with E-state index in [4.69, 9.17) is 23.2 Å². The minimum Gasteiger partial charge on any atom is -0.352 e. The van der Waals surface area contributed by atoms with Crippen molar-refractivity contribution in [2.45, 2.75) is 57.0 Å². The molecular weight excluding hydrogens is 569 g/mol. The zero-order valence-corrected chi connectivity index (χ0v) is 25.2. The first-order chi connectivity index (χ1) is 19.1. The van der Waals surface area contributed by atoms with Crippen molar-refractivity contribution < 1.29 is 18.0 Å². The van der Waals surface area contributed by atoms with Gasteiger partial charge in [-0.3, -0.25) is 13.9 Å². The van der Waals surface area contributed by atoms with Crippen molar-refractivity contribution in [3.63, 3.8) is 0 Å². The van der Waals surface area contributed by atoms with Crippen LogP contribution in [0.2, 0.25) is 10.0 Å². The summed E-state index contributed by atoms with van der Waals surface area (Å²) in [6, 6.07) is 21.0. The molecule has 2 amide bonds. The summed E-state index contributed by atoms with van der Waals surface area (Å²) in [5.41, 5.74) is 1.11. The maximum Gasteiger partial charge on any atom is 0.264 e. The van der Waals surface area contributed by atoms with Gasteiger partial charge in [0.25, 0.3) is 10.0 Å². The fourth-order valence-electron chi connectivity index (χ4n) is 4.25. The number of carbonyl (C=O) groups is 2. The summed E-state index contributed by atoms with van der Waals surface area (Å²) in [6.07, 6.45) is 1.58. The summed E-state index contributed by atoms with van der Waals surface area (Å²) in [4.78, 5) is 28.8. The Labute approximate surface area is 247 Å². The van der Waals surface area contributed by atoms with Crippen molar-refractivity contribution in [2.24, 2.45) is 0 Å². The molecule has 0 aliphatic carbocycles. The standard InChI is InChI=1S/C30H35Cl2N3O4S/c1-4-22(3)33-30(37)27(5-2)34(19-18-23-12-8-6-9-13-23)29(36)21-35(28-17-16-24(31)20-26(28)32)40(38,39)25-14-10-7-11-15-25/h6-17,20,22,27H,4-5,18-19,21H2,1-3H3,(H,33,37)/t22-,27+/m0/s1. The molecular formula is C30H35Cl2N3O4S. The highest BCUT2D eigenvalue weighted by molar-refractivity contribution is 7.92. The normalized spacial score (nSPS) is 12.8. The second-order valence-corrected chi connectivity index (χ2v) is 12.2. The van der Waals surface area contributed by atoms with Gasteiger partial charge in [0.1, 0.15) is 12.6 Å². The van der Waals surface area contributed by atoms with Crippen LogP contribution in [-0.4, -0.2) is 50.3 Å². The summed E-state index contributed by atoms with van der Waals surface area (Å²) >= 11 is 12.5. The highest BCUT2D eigenvalue weighted by Crippen LogP contribution is 2.33. The van der Waals surface area contributed by atoms with Crippen LogP contribution in [0.1, 0.15) is 39.2 Å². The second kappa shape index (κ2) is 14.5. The smallest absolute Gasteiger partial charge is 0.264 e. The molecule has 0 unspecified atom stereocenters. The summed E-state index contributed by atoms with van der Waals surface area (Å²) in [5, 5.41) is 3.38. The largest absolute Gasteiger partial charge is 0.352 e. The van der Waals surface area contributed by atoms with Crippen LogP contribution in [0.4, 0.5) is 5.69 Å². The first-order valence-corrected chi connectivity index (χ1v) is 15.4. The SMILES string of the molecule is CC[C@H](C(=O)N[C@@H](C)CC)N(CCc1ccccc1)C(=O)CN(c1ccc(Cl)cc1Cl)S(=O)(=O)c1ccccc1. The molecule has 3 aromatic carbocycles. The summed E-state index contributed by atoms with van der Waals surface area (Å²) in [7, 11) is -4.20. The van der Waals surface area contributed by atoms with Gasteiger partial charge in [0.2, 0.25) is 11.8 Å². The van der Waals surface area contributed by atoms with E-state index in [1.165, 1.54) is 35.2 Å². The molecule has 0 bridgehead atoms. The van der Waals surface area contributed by atoms with E-state index in [2.05, 4.69) is 5.32 Å². The number of nitrogens with one attached hydrogen (secondary N) is 1. The number of benzene rings is 3. The third kappa shape index (κ3) is 7.99. The van der Waals surface area contributed by atoms with Gasteiger partial charge in [-0.25, -0.2) is 8.42 Å². The van der Waals surface area contributed by atoms with E-state index in [0.717, 1.165) is 16.3 Å². The average molecular weight is 605 g/mol. The van der Waals surface area contributed by atoms with Gasteiger partial charge >= 0.3 is 0 Å². The van der Waals surface area contributed by atoms with Crippen LogP contribution < -0.4 is 9.62 Å². The van der Waals surface area contributed by atoms with Gasteiger partial charge < -0.3 is 10.2 Å². The van der Waals surface area contributed by atoms with Gasteiger partial charge in [0, 0.05) is 17.6 Å². The van der Waals surface area contributed by atoms with Crippen LogP contribution in [0.5, 0.6) is 0 Å². The van der Waals surface area contributed by atoms with Gasteiger partial charge in [-0.2, -0.15) is 0 Å². The lowest BCUT2D eigenvalue weighted by atomic mass is 10.1. The fourth-order valence-corrected chi connectivity index (χ4v) is 6.27. The molecule has 0 aromatic heterocycles. The number of amides is 2. The number of hydrogen-bond donors (Lipinski definition) is 1. The van der Waals surface area contributed by atoms with Crippen LogP contribution in [0, 0.1) is 0 Å². The minimum atomic E-state index is -4.20. The third-order valence-corrected chi connectivity index (χ3v) is 8.97. The van der Waals surface area contributed by atoms with E-state index >= 15 is 0 Å². The molecule has 0 aliphatic rings. The number of sulfonamides is 1. The highest BCUT2D eigenvalue weighted by atomic mass is 35.5. The molecule has 3 aromatic rings. The quantitative estimate of drug-likeness (QED) is 0.261. The Hall–Kier alpha value is -3.07. The zero-order chi connectivity index (χ0) is 29.3. The number of nitrogens with zero attached hydrogens (tertiary/aromatic N) is 2. The Balaban J connectivity index is 2.03. The molecule has 1 N–H and O–H groups in total. The molecule has 7 nitrogen and oxygen atoms in total. The predicted molar refractivity (Wildman–Crippen MR) is 161 cm³/mol. The topological polar surface area (TPSA) is 86.8 Å². The average Bonchev–Trinajstić information content (AvgIpc) is 2.95. The zero-order valence-electron chi connectivity index (χ0n) is 22.9. The molecule has 3 rings (SSSR count). The predicted octanol–water partition coefficient (Wildman–Crippen LogP) is 5.95. The van der Waals surface area contributed by atoms with Crippen molar-refractivity contribution >= 4 is 50.7 Å². The Morgan fingerprint density at radius 2 is 1.52 bits per heavy atom. The third-order valence-electron chi connectivity index (χ3n) is 6.66. The van der Waals surface area contributed by atoms with E-state index in [9.17, 15) is 18.0 Å². The maximum atomic E-state index is 14.0. The van der Waals surface area contributed by atoms with Gasteiger partial charge in [0.05, 0.1) is 15.6 Å². The first-order valence-electron chi connectivity index (χ1n) is 13.2. The van der Waals surface area contributed by atoms with E-state index in [1.54, 1.807) is 18.2 Å². The molecule has 40 heavy (non-hydrogen) atoms. The van der Waals surface area contributed by atoms with E-state index in [-0.39, 0.29) is 34.1 Å². The van der Waals surface area contributed by atoms with Crippen molar-refractivity contribution in [3.8, 4) is 0 Å². The molecule has 0 aliphatic heterocycles. The summed E-state index contributed by atoms with van der Waals surface area (Å²) < 4.78 is 28.7. The van der Waals surface area contributed by atoms with Crippen molar-refractivity contribution in [3.05, 3.63) is 94.5 Å². The van der Waals surface area contributed by atoms with Gasteiger partial charge in [0.15, 0.2) is 0 Å². The Bertz CT molecular complexity index is 1390. The van der Waals surface area contributed by atoms with Crippen LogP contribution in [-0.2, 0) is 26.0 Å². The lowest BCUT2D eigenvalue weighted by Crippen LogP contribution is -2.54. The van der Waals surface area contributed by atoms with Crippen LogP contribution >= 0.6 is 23.2 Å². The van der Waals surface area contributed by atoms with Gasteiger partial charge in [-0.05, 0) is 62.1 Å². The van der Waals surface area contributed by atoms with Crippen LogP contribution in [0.25, 0.3) is 0 Å². The van der Waals surface area contributed by atoms with E-state index < -0.39 is 28.5 Å². The summed E-state index contributed by atoms with van der Waals surface area (Å²) in [5.74, 6) is -0.798. The lowest BCUT2D eigenvalue weighted by Gasteiger charge is -2.34. The van der Waals surface area contributed by atoms with Gasteiger partial charge in [-0.1, -0.05) is 85.6 Å². The number of anilines is 1. The Kier molecular flexibility index (Phi) is 11.4. The van der Waals surface area contributed by atoms with Crippen molar-refractivity contribution in [2.75, 3.05) is 17.4 Å². The minimum absolute atomic E-state index is 0.00575. The number of halogens is 2. The molecule has 0 radical (unpaired) electrons. The molecule has 0 heterocycles. The molecule has 0 saturated heterocycles. The number of carbonyl (C=O) groups excluding carboxylic acids is 2. The first kappa shape index (κ1) is 31.5. The molecule has 0 fully saturated rings. The fraction of sp³-hybridized carbons (Fsp3) is 0.333. The number of rotatable bonds is 13. The molecule has 10 heteroatoms. The van der Waals surface area contributed by atoms with Crippen LogP contribution in [0.15, 0.2) is 83.8 Å². The summed E-state index contributed by atoms with van der Waals surface area (Å²) in [6.45, 7) is 5.37. The van der Waals surface area contributed by atoms with Crippen molar-refractivity contribution in [1.29, 1.82) is 0 Å². The van der Waals surface area contributed by atoms with Crippen LogP contribution in [0.3, 0.4) is 0 Å². The second-order valence-electron chi connectivity index (χ2n) is 9.49. The molecule has 2 atom stereocenters.